The van der Waals surface area contributed by atoms with Gasteiger partial charge in [0.05, 0.1) is 18.9 Å². The topological polar surface area (TPSA) is 112 Å². The lowest BCUT2D eigenvalue weighted by Crippen LogP contribution is -2.35. The predicted octanol–water partition coefficient (Wildman–Crippen LogP) is 3.94. The number of esters is 1. The first-order valence-corrected chi connectivity index (χ1v) is 11.1. The van der Waals surface area contributed by atoms with E-state index in [1.54, 1.807) is 13.2 Å². The summed E-state index contributed by atoms with van der Waals surface area (Å²) in [4.78, 5) is 39.4. The fraction of sp³-hybridized carbons (Fsp3) is 0.480. The Bertz CT molecular complexity index is 1020. The van der Waals surface area contributed by atoms with Crippen molar-refractivity contribution in [1.29, 1.82) is 0 Å². The summed E-state index contributed by atoms with van der Waals surface area (Å²) in [6.07, 6.45) is 9.80. The molecule has 0 saturated heterocycles. The molecule has 0 aliphatic carbocycles. The van der Waals surface area contributed by atoms with Crippen LogP contribution in [0.5, 0.6) is 0 Å². The molecule has 2 aromatic heterocycles. The molecule has 1 amide bonds. The van der Waals surface area contributed by atoms with Crippen LogP contribution in [0.3, 0.4) is 0 Å². The van der Waals surface area contributed by atoms with Crippen molar-refractivity contribution in [3.8, 4) is 0 Å². The van der Waals surface area contributed by atoms with Crippen molar-refractivity contribution in [3.63, 3.8) is 0 Å². The third-order valence-corrected chi connectivity index (χ3v) is 4.75. The number of rotatable bonds is 9. The van der Waals surface area contributed by atoms with Crippen molar-refractivity contribution in [2.24, 2.45) is 0 Å². The first-order chi connectivity index (χ1) is 16.1. The average Bonchev–Trinajstić information content (AvgIpc) is 3.28. The van der Waals surface area contributed by atoms with Gasteiger partial charge in [-0.05, 0) is 47.5 Å². The summed E-state index contributed by atoms with van der Waals surface area (Å²) in [6, 6.07) is 2.76. The molecule has 0 saturated carbocycles. The Balaban J connectivity index is 0.000000852. The largest absolute Gasteiger partial charge is 0.464 e. The minimum atomic E-state index is -0.626. The van der Waals surface area contributed by atoms with Crippen LogP contribution in [-0.4, -0.2) is 58.6 Å². The summed E-state index contributed by atoms with van der Waals surface area (Å²) in [5.74, 6) is -1.00. The van der Waals surface area contributed by atoms with E-state index in [9.17, 15) is 14.4 Å². The van der Waals surface area contributed by atoms with Crippen LogP contribution in [0.1, 0.15) is 74.9 Å². The maximum atomic E-state index is 12.9. The van der Waals surface area contributed by atoms with Crippen molar-refractivity contribution in [3.05, 3.63) is 53.5 Å². The van der Waals surface area contributed by atoms with E-state index < -0.39 is 5.97 Å². The van der Waals surface area contributed by atoms with Crippen molar-refractivity contribution >= 4 is 23.8 Å². The number of carbonyl (C=O) groups excluding carboxylic acids is 3. The van der Waals surface area contributed by atoms with Crippen molar-refractivity contribution in [1.82, 2.24) is 19.9 Å². The number of carbonyl (C=O) groups is 3. The highest BCUT2D eigenvalue weighted by Crippen LogP contribution is 2.12. The Labute approximate surface area is 201 Å². The maximum absolute atomic E-state index is 12.9. The Kier molecular flexibility index (Phi) is 11.9. The molecule has 9 nitrogen and oxygen atoms in total. The van der Waals surface area contributed by atoms with Crippen molar-refractivity contribution in [2.45, 2.75) is 65.5 Å². The lowest BCUT2D eigenvalue weighted by atomic mass is 10.0. The molecule has 1 atom stereocenters. The summed E-state index contributed by atoms with van der Waals surface area (Å²) in [5.41, 5.74) is 1.74. The minimum Gasteiger partial charge on any atom is -0.464 e. The number of nitrogens with one attached hydrogen (secondary N) is 1. The van der Waals surface area contributed by atoms with Gasteiger partial charge in [-0.3, -0.25) is 4.79 Å². The van der Waals surface area contributed by atoms with Gasteiger partial charge in [-0.1, -0.05) is 23.8 Å². The van der Waals surface area contributed by atoms with Crippen LogP contribution >= 0.6 is 0 Å². The summed E-state index contributed by atoms with van der Waals surface area (Å²) >= 11 is 0. The van der Waals surface area contributed by atoms with Crippen LogP contribution in [0.4, 0.5) is 0 Å². The third-order valence-electron chi connectivity index (χ3n) is 4.75. The maximum Gasteiger partial charge on any atom is 0.356 e. The number of nitrogens with zero attached hydrogens (tertiary/aromatic N) is 3. The van der Waals surface area contributed by atoms with Gasteiger partial charge in [0.15, 0.2) is 11.3 Å². The molecule has 1 N–H and O–H groups in total. The van der Waals surface area contributed by atoms with Crippen LogP contribution in [0.25, 0.3) is 5.65 Å². The molecule has 2 aromatic rings. The van der Waals surface area contributed by atoms with E-state index in [1.807, 2.05) is 52.8 Å². The van der Waals surface area contributed by atoms with Gasteiger partial charge in [-0.15, -0.1) is 0 Å². The minimum absolute atomic E-state index is 0.0378. The first kappa shape index (κ1) is 28.7. The number of fused-ring (bicyclic) bond motifs is 1. The quantitative estimate of drug-likeness (QED) is 0.334. The van der Waals surface area contributed by atoms with E-state index in [-0.39, 0.29) is 28.9 Å². The Hall–Kier alpha value is -3.33. The van der Waals surface area contributed by atoms with E-state index in [0.717, 1.165) is 18.3 Å². The van der Waals surface area contributed by atoms with Gasteiger partial charge in [-0.25, -0.2) is 14.3 Å². The average molecular weight is 473 g/mol. The van der Waals surface area contributed by atoms with Crippen LogP contribution < -0.4 is 5.32 Å². The molecule has 2 heterocycles. The molecule has 0 radical (unpaired) electrons. The third kappa shape index (κ3) is 9.66. The molecule has 1 unspecified atom stereocenters. The van der Waals surface area contributed by atoms with Crippen LogP contribution in [0.15, 0.2) is 42.1 Å². The summed E-state index contributed by atoms with van der Waals surface area (Å²) in [7, 11) is 2.97. The second-order valence-electron chi connectivity index (χ2n) is 8.53. The van der Waals surface area contributed by atoms with Crippen LogP contribution in [-0.2, 0) is 14.3 Å². The number of aromatic nitrogens is 3. The molecular weight excluding hydrogens is 436 g/mol. The summed E-state index contributed by atoms with van der Waals surface area (Å²) < 4.78 is 11.0. The molecule has 9 heteroatoms. The molecule has 0 aliphatic rings. The second-order valence-corrected chi connectivity index (χ2v) is 8.53. The number of hydrogen-bond acceptors (Lipinski definition) is 7. The van der Waals surface area contributed by atoms with Crippen molar-refractivity contribution < 1.29 is 23.9 Å². The highest BCUT2D eigenvalue weighted by atomic mass is 16.5. The molecule has 0 bridgehead atoms. The van der Waals surface area contributed by atoms with Gasteiger partial charge < -0.3 is 19.6 Å². The van der Waals surface area contributed by atoms with Gasteiger partial charge in [0.2, 0.25) is 0 Å². The molecule has 0 aliphatic heterocycles. The lowest BCUT2D eigenvalue weighted by molar-refractivity contribution is -0.107. The zero-order chi connectivity index (χ0) is 25.7. The van der Waals surface area contributed by atoms with Gasteiger partial charge in [-0.2, -0.15) is 5.10 Å². The Morgan fingerprint density at radius 2 is 1.94 bits per heavy atom. The van der Waals surface area contributed by atoms with E-state index in [4.69, 9.17) is 9.47 Å². The fourth-order valence-electron chi connectivity index (χ4n) is 2.71. The molecule has 34 heavy (non-hydrogen) atoms. The highest BCUT2D eigenvalue weighted by molar-refractivity contribution is 5.96. The number of methoxy groups -OCH3 is 2. The van der Waals surface area contributed by atoms with Crippen LogP contribution in [0, 0.1) is 0 Å². The highest BCUT2D eigenvalue weighted by Gasteiger charge is 2.19. The second kappa shape index (κ2) is 14.0. The number of ether oxygens (including phenoxy) is 2. The first-order valence-electron chi connectivity index (χ1n) is 11.1. The number of amides is 1. The van der Waals surface area contributed by atoms with E-state index in [1.165, 1.54) is 23.9 Å². The zero-order valence-corrected chi connectivity index (χ0v) is 21.1. The van der Waals surface area contributed by atoms with Crippen LogP contribution in [0.2, 0.25) is 0 Å². The molecule has 2 rings (SSSR count). The summed E-state index contributed by atoms with van der Waals surface area (Å²) in [6.45, 7) is 9.89. The number of aldehydes is 1. The van der Waals surface area contributed by atoms with Gasteiger partial charge >= 0.3 is 5.97 Å². The lowest BCUT2D eigenvalue weighted by Gasteiger charge is -2.16. The monoisotopic (exact) mass is 472 g/mol. The van der Waals surface area contributed by atoms with E-state index in [0.29, 0.717) is 18.5 Å². The molecule has 186 valence electrons. The number of hydrogen-bond donors (Lipinski definition) is 1. The predicted molar refractivity (Wildman–Crippen MR) is 131 cm³/mol. The molecule has 0 spiro atoms. The normalized spacial score (nSPS) is 12.7. The van der Waals surface area contributed by atoms with Gasteiger partial charge in [0, 0.05) is 31.7 Å². The zero-order valence-electron chi connectivity index (χ0n) is 21.1. The van der Waals surface area contributed by atoms with Crippen molar-refractivity contribution in [2.75, 3.05) is 14.2 Å². The molecule has 0 fully saturated rings. The fourth-order valence-corrected chi connectivity index (χ4v) is 2.71. The Morgan fingerprint density at radius 3 is 2.50 bits per heavy atom. The Morgan fingerprint density at radius 1 is 1.26 bits per heavy atom. The standard InChI is InChI=1S/C20H24N4O4.C5H12O/c1-4-6-15(9-8-14(2)7-5-12-25)22-19(26)17-13-16(20(27)28-3)23-18-10-11-21-24(17)18;1-5(2,3)6-4/h4,6-7,10-13,15H,5,8-9H2,1-3H3,(H,22,26);1-4H3/b6-4+,14-7+;. The smallest absolute Gasteiger partial charge is 0.356 e. The SMILES string of the molecule is C/C=C/C(CC/C(C)=C/CC=O)NC(=O)c1cc(C(=O)OC)nc2ccnn12.COC(C)(C)C. The summed E-state index contributed by atoms with van der Waals surface area (Å²) in [5, 5.41) is 7.06. The number of allylic oxidation sites excluding steroid dienone is 3. The molecule has 0 aromatic carbocycles. The van der Waals surface area contributed by atoms with Gasteiger partial charge in [0.1, 0.15) is 12.0 Å². The van der Waals surface area contributed by atoms with E-state index in [2.05, 4.69) is 15.4 Å². The van der Waals surface area contributed by atoms with Gasteiger partial charge in [0.25, 0.3) is 5.91 Å². The molecular formula is C25H36N4O5. The van der Waals surface area contributed by atoms with E-state index >= 15 is 0 Å².